The van der Waals surface area contributed by atoms with Crippen LogP contribution >= 0.6 is 0 Å². The number of amides is 1. The lowest BCUT2D eigenvalue weighted by Gasteiger charge is -2.26. The van der Waals surface area contributed by atoms with E-state index < -0.39 is 12.2 Å². The van der Waals surface area contributed by atoms with Crippen LogP contribution in [0.2, 0.25) is 0 Å². The highest BCUT2D eigenvalue weighted by Crippen LogP contribution is 2.40. The molecule has 0 spiro atoms. The van der Waals surface area contributed by atoms with Crippen LogP contribution in [0.15, 0.2) is 53.5 Å². The van der Waals surface area contributed by atoms with E-state index in [2.05, 4.69) is 28.8 Å². The molecule has 2 aromatic carbocycles. The molecule has 3 rings (SSSR count). The number of rotatable bonds is 9. The van der Waals surface area contributed by atoms with Crippen molar-refractivity contribution in [2.45, 2.75) is 57.6 Å². The lowest BCUT2D eigenvalue weighted by atomic mass is 9.82. The summed E-state index contributed by atoms with van der Waals surface area (Å²) in [5.41, 5.74) is 6.61. The maximum atomic E-state index is 13.2. The number of nitrogens with two attached hydrogens (primary N) is 1. The number of nitrogens with zero attached hydrogens (tertiary/aromatic N) is 4. The van der Waals surface area contributed by atoms with Crippen molar-refractivity contribution in [3.63, 3.8) is 0 Å². The summed E-state index contributed by atoms with van der Waals surface area (Å²) in [4.78, 5) is 19.0. The lowest BCUT2D eigenvalue weighted by molar-refractivity contribution is -0.129. The summed E-state index contributed by atoms with van der Waals surface area (Å²) in [6.07, 6.45) is 4.72. The van der Waals surface area contributed by atoms with Gasteiger partial charge in [0, 0.05) is 19.9 Å². The third kappa shape index (κ3) is 6.77. The summed E-state index contributed by atoms with van der Waals surface area (Å²) in [6.45, 7) is -0.857. The molecule has 1 amide bonds. The molecule has 0 radical (unpaired) electrons. The second kappa shape index (κ2) is 13.0. The normalized spacial score (nSPS) is 16.7. The average molecular weight is 482 g/mol. The van der Waals surface area contributed by atoms with Gasteiger partial charge in [-0.3, -0.25) is 9.69 Å². The third-order valence-corrected chi connectivity index (χ3v) is 5.48. The van der Waals surface area contributed by atoms with E-state index in [0.717, 1.165) is 24.8 Å². The first-order chi connectivity index (χ1) is 16.8. The van der Waals surface area contributed by atoms with E-state index in [1.165, 1.54) is 36.2 Å². The van der Waals surface area contributed by atoms with Gasteiger partial charge in [0.2, 0.25) is 0 Å². The molecule has 1 unspecified atom stereocenters. The van der Waals surface area contributed by atoms with E-state index in [1.54, 1.807) is 6.07 Å². The SMILES string of the molecule is CCCCC#N.CN1C(=O)C(c2ccc(OC(F)F)cc2)(c2cccc(CCCC#N)c2)N=C1N. The summed E-state index contributed by atoms with van der Waals surface area (Å²) >= 11 is 0. The zero-order chi connectivity index (χ0) is 25.8. The number of halogens is 2. The molecule has 0 saturated carbocycles. The fourth-order valence-corrected chi connectivity index (χ4v) is 3.64. The van der Waals surface area contributed by atoms with Gasteiger partial charge in [-0.2, -0.15) is 19.3 Å². The molecule has 2 aromatic rings. The summed E-state index contributed by atoms with van der Waals surface area (Å²) < 4.78 is 29.3. The maximum absolute atomic E-state index is 13.2. The maximum Gasteiger partial charge on any atom is 0.387 e. The van der Waals surface area contributed by atoms with Crippen LogP contribution in [0.25, 0.3) is 0 Å². The Balaban J connectivity index is 0.000000641. The van der Waals surface area contributed by atoms with Crippen molar-refractivity contribution < 1.29 is 18.3 Å². The Hall–Kier alpha value is -3.98. The molecule has 184 valence electrons. The minimum absolute atomic E-state index is 0.0140. The number of alkyl halides is 2. The fraction of sp³-hybridized carbons (Fsp3) is 0.385. The molecule has 1 heterocycles. The van der Waals surface area contributed by atoms with Gasteiger partial charge < -0.3 is 10.5 Å². The average Bonchev–Trinajstić information content (AvgIpc) is 3.08. The van der Waals surface area contributed by atoms with Crippen molar-refractivity contribution in [2.24, 2.45) is 10.7 Å². The third-order valence-electron chi connectivity index (χ3n) is 5.48. The molecular formula is C26H29F2N5O2. The first-order valence-electron chi connectivity index (χ1n) is 11.3. The summed E-state index contributed by atoms with van der Waals surface area (Å²) in [6, 6.07) is 17.4. The molecule has 7 nitrogen and oxygen atoms in total. The number of carbonyl (C=O) groups excluding carboxylic acids is 1. The number of hydrogen-bond acceptors (Lipinski definition) is 6. The Bertz CT molecular complexity index is 1110. The Morgan fingerprint density at radius 3 is 2.26 bits per heavy atom. The zero-order valence-electron chi connectivity index (χ0n) is 19.9. The Morgan fingerprint density at radius 2 is 1.74 bits per heavy atom. The quantitative estimate of drug-likeness (QED) is 0.513. The second-order valence-electron chi connectivity index (χ2n) is 7.92. The number of aryl methyl sites for hydroxylation is 1. The minimum atomic E-state index is -2.94. The van der Waals surface area contributed by atoms with E-state index >= 15 is 0 Å². The Kier molecular flexibility index (Phi) is 10.2. The largest absolute Gasteiger partial charge is 0.435 e. The van der Waals surface area contributed by atoms with Gasteiger partial charge in [-0.1, -0.05) is 49.7 Å². The van der Waals surface area contributed by atoms with Crippen molar-refractivity contribution in [1.29, 1.82) is 10.5 Å². The molecule has 9 heteroatoms. The predicted octanol–water partition coefficient (Wildman–Crippen LogP) is 4.86. The molecule has 0 saturated heterocycles. The van der Waals surface area contributed by atoms with Gasteiger partial charge in [0.1, 0.15) is 5.75 Å². The van der Waals surface area contributed by atoms with Crippen LogP contribution in [0.1, 0.15) is 55.7 Å². The number of nitriles is 2. The van der Waals surface area contributed by atoms with Crippen molar-refractivity contribution in [3.8, 4) is 17.9 Å². The molecule has 0 aliphatic carbocycles. The van der Waals surface area contributed by atoms with Gasteiger partial charge in [0.25, 0.3) is 5.91 Å². The van der Waals surface area contributed by atoms with Gasteiger partial charge in [-0.15, -0.1) is 0 Å². The van der Waals surface area contributed by atoms with Crippen LogP contribution in [0.5, 0.6) is 5.75 Å². The van der Waals surface area contributed by atoms with Crippen LogP contribution in [-0.4, -0.2) is 30.4 Å². The highest BCUT2D eigenvalue weighted by Gasteiger charge is 2.49. The van der Waals surface area contributed by atoms with E-state index in [4.69, 9.17) is 16.3 Å². The van der Waals surface area contributed by atoms with Gasteiger partial charge >= 0.3 is 6.61 Å². The zero-order valence-corrected chi connectivity index (χ0v) is 19.9. The monoisotopic (exact) mass is 481 g/mol. The summed E-state index contributed by atoms with van der Waals surface area (Å²) in [5, 5.41) is 16.7. The van der Waals surface area contributed by atoms with E-state index in [9.17, 15) is 13.6 Å². The number of ether oxygens (including phenoxy) is 1. The molecule has 0 aromatic heterocycles. The van der Waals surface area contributed by atoms with E-state index in [0.29, 0.717) is 30.4 Å². The van der Waals surface area contributed by atoms with Crippen molar-refractivity contribution in [1.82, 2.24) is 4.90 Å². The molecule has 0 bridgehead atoms. The number of benzene rings is 2. The van der Waals surface area contributed by atoms with E-state index in [-0.39, 0.29) is 17.6 Å². The Labute approximate surface area is 204 Å². The molecule has 1 aliphatic rings. The minimum Gasteiger partial charge on any atom is -0.435 e. The standard InChI is InChI=1S/C21H20F2N4O2.C5H9N/c1-27-18(28)21(26-20(27)25,15-8-10-17(11-9-15)29-19(22)23)16-7-4-6-14(13-16)5-2-3-12-24;1-2-3-4-5-6/h4,6-11,13,19H,2-3,5H2,1H3,(H2,25,26);2-4H2,1H3. The molecule has 0 fully saturated rings. The smallest absolute Gasteiger partial charge is 0.387 e. The number of hydrogen-bond donors (Lipinski definition) is 1. The second-order valence-corrected chi connectivity index (χ2v) is 7.92. The molecule has 35 heavy (non-hydrogen) atoms. The van der Waals surface area contributed by atoms with Gasteiger partial charge in [0.15, 0.2) is 11.5 Å². The van der Waals surface area contributed by atoms with Gasteiger partial charge in [-0.05, 0) is 48.1 Å². The molecular weight excluding hydrogens is 452 g/mol. The summed E-state index contributed by atoms with van der Waals surface area (Å²) in [5.74, 6) is -0.288. The van der Waals surface area contributed by atoms with Crippen LogP contribution < -0.4 is 10.5 Å². The number of unbranched alkanes of at least 4 members (excludes halogenated alkanes) is 3. The number of aliphatic imine (C=N–C) groups is 1. The number of carbonyl (C=O) groups is 1. The van der Waals surface area contributed by atoms with Gasteiger partial charge in [-0.25, -0.2) is 4.99 Å². The summed E-state index contributed by atoms with van der Waals surface area (Å²) in [7, 11) is 1.54. The fourth-order valence-electron chi connectivity index (χ4n) is 3.64. The number of guanidine groups is 1. The Morgan fingerprint density at radius 1 is 1.09 bits per heavy atom. The lowest BCUT2D eigenvalue weighted by Crippen LogP contribution is -2.41. The van der Waals surface area contributed by atoms with E-state index in [1.807, 2.05) is 18.2 Å². The van der Waals surface area contributed by atoms with Crippen molar-refractivity contribution in [3.05, 3.63) is 65.2 Å². The topological polar surface area (TPSA) is 116 Å². The highest BCUT2D eigenvalue weighted by atomic mass is 19.3. The first-order valence-corrected chi connectivity index (χ1v) is 11.3. The van der Waals surface area contributed by atoms with Crippen LogP contribution in [0.3, 0.4) is 0 Å². The first kappa shape index (κ1) is 27.3. The van der Waals surface area contributed by atoms with Crippen molar-refractivity contribution >= 4 is 11.9 Å². The molecule has 1 aliphatic heterocycles. The number of likely N-dealkylation sites (N-methyl/N-ethyl adjacent to an activating group) is 1. The van der Waals surface area contributed by atoms with Crippen LogP contribution in [-0.2, 0) is 16.8 Å². The van der Waals surface area contributed by atoms with Crippen LogP contribution in [0, 0.1) is 22.7 Å². The predicted molar refractivity (Wildman–Crippen MR) is 128 cm³/mol. The highest BCUT2D eigenvalue weighted by molar-refractivity contribution is 6.08. The van der Waals surface area contributed by atoms with Gasteiger partial charge in [0.05, 0.1) is 12.1 Å². The van der Waals surface area contributed by atoms with Crippen molar-refractivity contribution in [2.75, 3.05) is 7.05 Å². The van der Waals surface area contributed by atoms with Crippen LogP contribution in [0.4, 0.5) is 8.78 Å². The molecule has 2 N–H and O–H groups in total. The molecule has 1 atom stereocenters.